The highest BCUT2D eigenvalue weighted by Gasteiger charge is 2.14. The van der Waals surface area contributed by atoms with E-state index in [0.29, 0.717) is 0 Å². The Labute approximate surface area is 117 Å². The molecule has 0 aliphatic carbocycles. The number of ether oxygens (including phenoxy) is 2. The van der Waals surface area contributed by atoms with Crippen molar-refractivity contribution in [1.29, 1.82) is 0 Å². The van der Waals surface area contributed by atoms with Crippen molar-refractivity contribution in [3.63, 3.8) is 0 Å². The normalized spacial score (nSPS) is 9.50. The Hall–Kier alpha value is -2.30. The Morgan fingerprint density at radius 3 is 2.55 bits per heavy atom. The van der Waals surface area contributed by atoms with Crippen LogP contribution in [0.2, 0.25) is 0 Å². The van der Waals surface area contributed by atoms with E-state index >= 15 is 0 Å². The first-order valence-corrected chi connectivity index (χ1v) is 6.46. The Balaban J connectivity index is 0.000000202. The molecule has 1 N–H and O–H groups in total. The number of hydrogen-bond acceptors (Lipinski definition) is 4. The number of benzene rings is 1. The number of fused-ring (bicyclic) bond motifs is 1. The third-order valence-electron chi connectivity index (χ3n) is 2.55. The van der Waals surface area contributed by atoms with Crippen LogP contribution in [-0.4, -0.2) is 30.6 Å². The molecule has 0 bridgehead atoms. The van der Waals surface area contributed by atoms with Crippen LogP contribution >= 0.6 is 0 Å². The highest BCUT2D eigenvalue weighted by molar-refractivity contribution is 6.29. The van der Waals surface area contributed by atoms with Gasteiger partial charge in [-0.2, -0.15) is 0 Å². The number of nitrogens with one attached hydrogen (secondary N) is 1. The number of esters is 2. The number of para-hydroxylation sites is 1. The van der Waals surface area contributed by atoms with E-state index in [1.807, 2.05) is 25.3 Å². The van der Waals surface area contributed by atoms with Crippen LogP contribution in [0.4, 0.5) is 0 Å². The van der Waals surface area contributed by atoms with Gasteiger partial charge in [-0.05, 0) is 23.9 Å². The van der Waals surface area contributed by atoms with E-state index in [1.54, 1.807) is 0 Å². The molecule has 0 saturated heterocycles. The first-order chi connectivity index (χ1) is 9.69. The minimum atomic E-state index is -0.943. The van der Waals surface area contributed by atoms with Gasteiger partial charge in [0.25, 0.3) is 0 Å². The lowest BCUT2D eigenvalue weighted by molar-refractivity contribution is -0.165. The van der Waals surface area contributed by atoms with Gasteiger partial charge in [-0.3, -0.25) is 0 Å². The predicted molar refractivity (Wildman–Crippen MR) is 76.2 cm³/mol. The van der Waals surface area contributed by atoms with Gasteiger partial charge in [-0.1, -0.05) is 31.5 Å². The molecule has 2 rings (SSSR count). The highest BCUT2D eigenvalue weighted by Crippen LogP contribution is 2.09. The molecule has 0 aliphatic heterocycles. The molecule has 5 nitrogen and oxygen atoms in total. The zero-order valence-corrected chi connectivity index (χ0v) is 11.7. The van der Waals surface area contributed by atoms with Crippen LogP contribution in [0.3, 0.4) is 0 Å². The Bertz CT molecular complexity index is 517. The highest BCUT2D eigenvalue weighted by atomic mass is 16.6. The summed E-state index contributed by atoms with van der Waals surface area (Å²) < 4.78 is 8.65. The molecular formula is C15H19NO4. The second-order valence-corrected chi connectivity index (χ2v) is 4.05. The first kappa shape index (κ1) is 15.8. The molecule has 2 aromatic rings. The smallest absolute Gasteiger partial charge is 0.417 e. The second-order valence-electron chi connectivity index (χ2n) is 4.05. The van der Waals surface area contributed by atoms with Gasteiger partial charge in [0, 0.05) is 11.7 Å². The van der Waals surface area contributed by atoms with E-state index in [9.17, 15) is 9.59 Å². The number of hydrogen-bond donors (Lipinski definition) is 1. The van der Waals surface area contributed by atoms with Gasteiger partial charge in [0.15, 0.2) is 0 Å². The van der Waals surface area contributed by atoms with Crippen molar-refractivity contribution in [3.8, 4) is 0 Å². The van der Waals surface area contributed by atoms with Crippen molar-refractivity contribution < 1.29 is 19.1 Å². The quantitative estimate of drug-likeness (QED) is 0.532. The van der Waals surface area contributed by atoms with E-state index in [4.69, 9.17) is 0 Å². The number of aromatic amines is 1. The molecule has 0 amide bonds. The number of carbonyl (C=O) groups is 2. The van der Waals surface area contributed by atoms with E-state index in [-0.39, 0.29) is 6.61 Å². The number of H-pyrrole nitrogens is 1. The lowest BCUT2D eigenvalue weighted by Gasteiger charge is -2.00. The summed E-state index contributed by atoms with van der Waals surface area (Å²) in [7, 11) is 1.14. The zero-order valence-electron chi connectivity index (χ0n) is 11.7. The molecule has 1 aromatic carbocycles. The Kier molecular flexibility index (Phi) is 6.89. The minimum Gasteiger partial charge on any atom is -0.461 e. The molecule has 0 fully saturated rings. The fourth-order valence-electron chi connectivity index (χ4n) is 1.45. The third kappa shape index (κ3) is 5.14. The van der Waals surface area contributed by atoms with Crippen LogP contribution in [0.15, 0.2) is 36.5 Å². The maximum absolute atomic E-state index is 10.6. The molecule has 0 unspecified atom stereocenters. The lowest BCUT2D eigenvalue weighted by atomic mass is 10.3. The van der Waals surface area contributed by atoms with Gasteiger partial charge in [-0.25, -0.2) is 9.59 Å². The van der Waals surface area contributed by atoms with E-state index < -0.39 is 11.9 Å². The van der Waals surface area contributed by atoms with E-state index in [0.717, 1.165) is 20.0 Å². The molecule has 0 spiro atoms. The zero-order chi connectivity index (χ0) is 14.8. The largest absolute Gasteiger partial charge is 0.461 e. The minimum absolute atomic E-state index is 0.282. The standard InChI is InChI=1S/C8H7N.C7H12O4/c1-2-4-8-7(3-1)5-6-9-8;1-3-4-5-11-7(9)6(8)10-2/h1-6,9H;3-5H2,1-2H3. The molecular weight excluding hydrogens is 258 g/mol. The number of rotatable bonds is 3. The summed E-state index contributed by atoms with van der Waals surface area (Å²) in [5.74, 6) is -1.86. The molecule has 1 heterocycles. The van der Waals surface area contributed by atoms with Gasteiger partial charge in [-0.15, -0.1) is 0 Å². The molecule has 0 saturated carbocycles. The molecule has 1 aromatic heterocycles. The maximum atomic E-state index is 10.6. The summed E-state index contributed by atoms with van der Waals surface area (Å²) >= 11 is 0. The van der Waals surface area contributed by atoms with Gasteiger partial charge in [0.05, 0.1) is 13.7 Å². The topological polar surface area (TPSA) is 68.4 Å². The van der Waals surface area contributed by atoms with Gasteiger partial charge < -0.3 is 14.5 Å². The van der Waals surface area contributed by atoms with Crippen LogP contribution in [0, 0.1) is 0 Å². The monoisotopic (exact) mass is 277 g/mol. The summed E-state index contributed by atoms with van der Waals surface area (Å²) in [4.78, 5) is 24.1. The van der Waals surface area contributed by atoms with Gasteiger partial charge in [0.2, 0.25) is 0 Å². The lowest BCUT2D eigenvalue weighted by Crippen LogP contribution is -2.19. The second kappa shape index (κ2) is 8.74. The van der Waals surface area contributed by atoms with Crippen molar-refractivity contribution in [2.24, 2.45) is 0 Å². The van der Waals surface area contributed by atoms with Crippen LogP contribution < -0.4 is 0 Å². The number of unbranched alkanes of at least 4 members (excludes halogenated alkanes) is 1. The van der Waals surface area contributed by atoms with Crippen molar-refractivity contribution in [1.82, 2.24) is 4.98 Å². The molecule has 0 atom stereocenters. The average molecular weight is 277 g/mol. The van der Waals surface area contributed by atoms with Crippen LogP contribution in [0.1, 0.15) is 19.8 Å². The predicted octanol–water partition coefficient (Wildman–Crippen LogP) is 2.67. The van der Waals surface area contributed by atoms with E-state index in [1.165, 1.54) is 10.9 Å². The van der Waals surface area contributed by atoms with Crippen LogP contribution in [-0.2, 0) is 19.1 Å². The number of aromatic nitrogens is 1. The SMILES string of the molecule is CCCCOC(=O)C(=O)OC.c1ccc2[nH]ccc2c1. The Morgan fingerprint density at radius 1 is 1.15 bits per heavy atom. The molecule has 0 aliphatic rings. The maximum Gasteiger partial charge on any atom is 0.417 e. The van der Waals surface area contributed by atoms with Crippen molar-refractivity contribution in [3.05, 3.63) is 36.5 Å². The fourth-order valence-corrected chi connectivity index (χ4v) is 1.45. The van der Waals surface area contributed by atoms with E-state index in [2.05, 4.69) is 32.7 Å². The first-order valence-electron chi connectivity index (χ1n) is 6.46. The fraction of sp³-hybridized carbons (Fsp3) is 0.333. The number of methoxy groups -OCH3 is 1. The molecule has 20 heavy (non-hydrogen) atoms. The van der Waals surface area contributed by atoms with Gasteiger partial charge in [0.1, 0.15) is 0 Å². The molecule has 5 heteroatoms. The van der Waals surface area contributed by atoms with Crippen molar-refractivity contribution in [2.75, 3.05) is 13.7 Å². The van der Waals surface area contributed by atoms with Crippen LogP contribution in [0.5, 0.6) is 0 Å². The van der Waals surface area contributed by atoms with Crippen molar-refractivity contribution in [2.45, 2.75) is 19.8 Å². The summed E-state index contributed by atoms with van der Waals surface area (Å²) in [6.45, 7) is 2.25. The number of carbonyl (C=O) groups excluding carboxylic acids is 2. The average Bonchev–Trinajstić information content (AvgIpc) is 2.95. The summed E-state index contributed by atoms with van der Waals surface area (Å²) in [5, 5.41) is 1.28. The molecule has 0 radical (unpaired) electrons. The molecule has 108 valence electrons. The Morgan fingerprint density at radius 2 is 1.90 bits per heavy atom. The third-order valence-corrected chi connectivity index (χ3v) is 2.55. The van der Waals surface area contributed by atoms with Crippen LogP contribution in [0.25, 0.3) is 10.9 Å². The van der Waals surface area contributed by atoms with Gasteiger partial charge >= 0.3 is 11.9 Å². The summed E-state index contributed by atoms with van der Waals surface area (Å²) in [5.41, 5.74) is 1.21. The van der Waals surface area contributed by atoms with Crippen molar-refractivity contribution >= 4 is 22.8 Å². The summed E-state index contributed by atoms with van der Waals surface area (Å²) in [6.07, 6.45) is 3.64. The summed E-state index contributed by atoms with van der Waals surface area (Å²) in [6, 6.07) is 10.3.